The number of ether oxygens (including phenoxy) is 1. The highest BCUT2D eigenvalue weighted by Crippen LogP contribution is 2.30. The summed E-state index contributed by atoms with van der Waals surface area (Å²) in [7, 11) is 3.44. The average Bonchev–Trinajstić information content (AvgIpc) is 3.09. The third kappa shape index (κ3) is 4.23. The number of hydrogen-bond acceptors (Lipinski definition) is 6. The maximum Gasteiger partial charge on any atom is 0.278 e. The minimum atomic E-state index is -0.229. The molecule has 0 aliphatic rings. The van der Waals surface area contributed by atoms with E-state index in [4.69, 9.17) is 9.72 Å². The zero-order valence-corrected chi connectivity index (χ0v) is 19.7. The Hall–Kier alpha value is -3.59. The van der Waals surface area contributed by atoms with E-state index >= 15 is 0 Å². The molecule has 2 aromatic carbocycles. The Morgan fingerprint density at radius 2 is 1.88 bits per heavy atom. The molecule has 0 fully saturated rings. The molecule has 0 aliphatic carbocycles. The van der Waals surface area contributed by atoms with Crippen LogP contribution in [0.3, 0.4) is 0 Å². The number of amides is 1. The summed E-state index contributed by atoms with van der Waals surface area (Å²) >= 11 is 1.21. The van der Waals surface area contributed by atoms with Crippen LogP contribution < -0.4 is 15.6 Å². The first-order valence-electron chi connectivity index (χ1n) is 10.4. The van der Waals surface area contributed by atoms with E-state index in [2.05, 4.69) is 5.32 Å². The Bertz CT molecular complexity index is 1440. The fourth-order valence-electron chi connectivity index (χ4n) is 3.76. The van der Waals surface area contributed by atoms with E-state index < -0.39 is 0 Å². The zero-order chi connectivity index (χ0) is 23.7. The van der Waals surface area contributed by atoms with Gasteiger partial charge in [-0.3, -0.25) is 19.0 Å². The molecular formula is C24H24N4O4S. The summed E-state index contributed by atoms with van der Waals surface area (Å²) in [4.78, 5) is 42.0. The van der Waals surface area contributed by atoms with Crippen molar-refractivity contribution in [2.45, 2.75) is 25.5 Å². The van der Waals surface area contributed by atoms with Crippen LogP contribution in [0, 0.1) is 0 Å². The van der Waals surface area contributed by atoms with E-state index in [0.29, 0.717) is 39.7 Å². The Morgan fingerprint density at radius 3 is 2.52 bits per heavy atom. The average molecular weight is 465 g/mol. The summed E-state index contributed by atoms with van der Waals surface area (Å²) < 4.78 is 8.77. The lowest BCUT2D eigenvalue weighted by Crippen LogP contribution is -2.24. The smallest absolute Gasteiger partial charge is 0.278 e. The van der Waals surface area contributed by atoms with Gasteiger partial charge in [-0.05, 0) is 56.3 Å². The number of methoxy groups -OCH3 is 1. The fourth-order valence-corrected chi connectivity index (χ4v) is 4.62. The molecule has 8 nitrogen and oxygen atoms in total. The molecule has 33 heavy (non-hydrogen) atoms. The van der Waals surface area contributed by atoms with Gasteiger partial charge in [0, 0.05) is 30.2 Å². The number of anilines is 1. The molecule has 0 spiro atoms. The van der Waals surface area contributed by atoms with Crippen molar-refractivity contribution in [3.05, 3.63) is 58.4 Å². The second-order valence-corrected chi connectivity index (χ2v) is 8.50. The number of thioether (sulfide) groups is 1. The van der Waals surface area contributed by atoms with Crippen LogP contribution in [0.15, 0.2) is 52.4 Å². The molecule has 1 N–H and O–H groups in total. The molecule has 0 bridgehead atoms. The number of aromatic nitrogens is 3. The summed E-state index contributed by atoms with van der Waals surface area (Å²) in [6.07, 6.45) is 0. The molecule has 0 saturated carbocycles. The van der Waals surface area contributed by atoms with E-state index in [1.807, 2.05) is 36.7 Å². The number of nitrogens with zero attached hydrogens (tertiary/aromatic N) is 3. The Morgan fingerprint density at radius 1 is 1.15 bits per heavy atom. The Kier molecular flexibility index (Phi) is 6.24. The molecule has 0 aliphatic heterocycles. The van der Waals surface area contributed by atoms with Crippen LogP contribution in [0.1, 0.15) is 24.2 Å². The molecule has 4 aromatic rings. The van der Waals surface area contributed by atoms with E-state index in [0.717, 1.165) is 10.9 Å². The molecule has 2 aromatic heterocycles. The van der Waals surface area contributed by atoms with Gasteiger partial charge in [0.1, 0.15) is 16.8 Å². The number of rotatable bonds is 7. The number of nitrogens with one attached hydrogen (secondary N) is 1. The standard InChI is InChI=1S/C24H24N4O4S/c1-5-28-23(31)22-21(18-12-17(32-4)10-11-19(18)27(22)3)26-24(28)33-13-20(30)25-16-8-6-15(7-9-16)14(2)29/h6-12H,5,13H2,1-4H3,(H,25,30). The van der Waals surface area contributed by atoms with Crippen molar-refractivity contribution in [1.82, 2.24) is 14.1 Å². The van der Waals surface area contributed by atoms with E-state index in [1.54, 1.807) is 35.9 Å². The molecule has 0 radical (unpaired) electrons. The number of Topliss-reactive ketones (excluding diaryl/α,β-unsaturated/α-hetero) is 1. The normalized spacial score (nSPS) is 11.2. The van der Waals surface area contributed by atoms with E-state index in [9.17, 15) is 14.4 Å². The van der Waals surface area contributed by atoms with Crippen molar-refractivity contribution in [2.24, 2.45) is 7.05 Å². The van der Waals surface area contributed by atoms with Crippen molar-refractivity contribution >= 4 is 51.1 Å². The van der Waals surface area contributed by atoms with Gasteiger partial charge in [-0.2, -0.15) is 0 Å². The highest BCUT2D eigenvalue weighted by molar-refractivity contribution is 7.99. The number of aryl methyl sites for hydroxylation is 1. The minimum absolute atomic E-state index is 0.0338. The van der Waals surface area contributed by atoms with Gasteiger partial charge in [0.2, 0.25) is 5.91 Å². The lowest BCUT2D eigenvalue weighted by Gasteiger charge is -2.11. The SMILES string of the molecule is CCn1c(SCC(=O)Nc2ccc(C(C)=O)cc2)nc2c3cc(OC)ccc3n(C)c2c1=O. The molecule has 170 valence electrons. The van der Waals surface area contributed by atoms with Gasteiger partial charge in [0.05, 0.1) is 18.4 Å². The zero-order valence-electron chi connectivity index (χ0n) is 18.8. The van der Waals surface area contributed by atoms with E-state index in [-0.39, 0.29) is 23.0 Å². The monoisotopic (exact) mass is 464 g/mol. The van der Waals surface area contributed by atoms with Crippen molar-refractivity contribution in [1.29, 1.82) is 0 Å². The molecule has 2 heterocycles. The topological polar surface area (TPSA) is 95.2 Å². The van der Waals surface area contributed by atoms with Gasteiger partial charge < -0.3 is 14.6 Å². The van der Waals surface area contributed by atoms with Crippen LogP contribution in [-0.4, -0.2) is 38.7 Å². The maximum absolute atomic E-state index is 13.3. The molecule has 0 atom stereocenters. The van der Waals surface area contributed by atoms with Crippen LogP contribution in [0.2, 0.25) is 0 Å². The molecule has 9 heteroatoms. The second kappa shape index (κ2) is 9.11. The quantitative estimate of drug-likeness (QED) is 0.254. The molecule has 1 amide bonds. The van der Waals surface area contributed by atoms with Gasteiger partial charge in [-0.25, -0.2) is 4.98 Å². The number of carbonyl (C=O) groups excluding carboxylic acids is 2. The minimum Gasteiger partial charge on any atom is -0.497 e. The third-order valence-corrected chi connectivity index (χ3v) is 6.47. The Labute approximate surface area is 194 Å². The summed E-state index contributed by atoms with van der Waals surface area (Å²) in [6, 6.07) is 12.3. The first-order chi connectivity index (χ1) is 15.8. The van der Waals surface area contributed by atoms with Gasteiger partial charge in [-0.1, -0.05) is 11.8 Å². The Balaban J connectivity index is 1.64. The van der Waals surface area contributed by atoms with Crippen LogP contribution in [0.4, 0.5) is 5.69 Å². The van der Waals surface area contributed by atoms with Crippen molar-refractivity contribution in [2.75, 3.05) is 18.2 Å². The molecule has 0 saturated heterocycles. The molecule has 0 unspecified atom stereocenters. The van der Waals surface area contributed by atoms with Gasteiger partial charge >= 0.3 is 0 Å². The van der Waals surface area contributed by atoms with Crippen molar-refractivity contribution in [3.8, 4) is 5.75 Å². The van der Waals surface area contributed by atoms with Gasteiger partial charge in [0.25, 0.3) is 5.56 Å². The number of benzene rings is 2. The van der Waals surface area contributed by atoms with Crippen molar-refractivity contribution in [3.63, 3.8) is 0 Å². The summed E-state index contributed by atoms with van der Waals surface area (Å²) in [5, 5.41) is 4.11. The first-order valence-corrected chi connectivity index (χ1v) is 11.4. The predicted molar refractivity (Wildman–Crippen MR) is 131 cm³/mol. The molecule has 4 rings (SSSR count). The summed E-state index contributed by atoms with van der Waals surface area (Å²) in [5.74, 6) is 0.502. The maximum atomic E-state index is 13.3. The summed E-state index contributed by atoms with van der Waals surface area (Å²) in [6.45, 7) is 3.80. The number of fused-ring (bicyclic) bond motifs is 3. The lowest BCUT2D eigenvalue weighted by molar-refractivity contribution is -0.113. The third-order valence-electron chi connectivity index (χ3n) is 5.49. The first kappa shape index (κ1) is 22.6. The fraction of sp³-hybridized carbons (Fsp3) is 0.250. The number of ketones is 1. The predicted octanol–water partition coefficient (Wildman–Crippen LogP) is 3.85. The molecular weight excluding hydrogens is 440 g/mol. The van der Waals surface area contributed by atoms with Crippen LogP contribution in [0.25, 0.3) is 21.9 Å². The number of carbonyl (C=O) groups is 2. The number of hydrogen-bond donors (Lipinski definition) is 1. The van der Waals surface area contributed by atoms with E-state index in [1.165, 1.54) is 18.7 Å². The van der Waals surface area contributed by atoms with Crippen molar-refractivity contribution < 1.29 is 14.3 Å². The van der Waals surface area contributed by atoms with Gasteiger partial charge in [0.15, 0.2) is 10.9 Å². The van der Waals surface area contributed by atoms with Gasteiger partial charge in [-0.15, -0.1) is 0 Å². The lowest BCUT2D eigenvalue weighted by atomic mass is 10.1. The van der Waals surface area contributed by atoms with Crippen LogP contribution in [-0.2, 0) is 18.4 Å². The second-order valence-electron chi connectivity index (χ2n) is 7.55. The highest BCUT2D eigenvalue weighted by atomic mass is 32.2. The van der Waals surface area contributed by atoms with Crippen LogP contribution >= 0.6 is 11.8 Å². The summed E-state index contributed by atoms with van der Waals surface area (Å²) in [5.41, 5.74) is 3.01. The highest BCUT2D eigenvalue weighted by Gasteiger charge is 2.19. The van der Waals surface area contributed by atoms with Crippen LogP contribution in [0.5, 0.6) is 5.75 Å². The largest absolute Gasteiger partial charge is 0.497 e.